The summed E-state index contributed by atoms with van der Waals surface area (Å²) < 4.78 is 59.6. The van der Waals surface area contributed by atoms with E-state index in [0.29, 0.717) is 36.1 Å². The Bertz CT molecular complexity index is 1990. The van der Waals surface area contributed by atoms with E-state index in [-0.39, 0.29) is 58.0 Å². The van der Waals surface area contributed by atoms with Crippen molar-refractivity contribution in [3.63, 3.8) is 0 Å². The third-order valence-corrected chi connectivity index (χ3v) is 10.8. The summed E-state index contributed by atoms with van der Waals surface area (Å²) in [6.45, 7) is 2.10. The molecule has 4 aliphatic heterocycles. The van der Waals surface area contributed by atoms with E-state index in [9.17, 15) is 13.9 Å². The number of fused-ring (bicyclic) bond motifs is 5. The van der Waals surface area contributed by atoms with Crippen molar-refractivity contribution in [3.05, 3.63) is 41.5 Å². The Morgan fingerprint density at radius 1 is 1.07 bits per heavy atom. The monoisotopic (exact) mass is 627 g/mol. The molecule has 0 bridgehead atoms. The maximum absolute atomic E-state index is 17.1. The summed E-state index contributed by atoms with van der Waals surface area (Å²) in [5, 5.41) is 11.7. The first-order valence-corrected chi connectivity index (χ1v) is 16.1. The number of phenolic OH excluding ortho intramolecular Hbond substituents is 1. The minimum absolute atomic E-state index is 0.000212. The van der Waals surface area contributed by atoms with E-state index in [0.717, 1.165) is 51.5 Å². The normalized spacial score (nSPS) is 26.1. The fourth-order valence-electron chi connectivity index (χ4n) is 8.58. The summed E-state index contributed by atoms with van der Waals surface area (Å²) in [6, 6.07) is 5.50. The lowest BCUT2D eigenvalue weighted by Gasteiger charge is -2.39. The van der Waals surface area contributed by atoms with Crippen LogP contribution >= 0.6 is 0 Å². The lowest BCUT2D eigenvalue weighted by molar-refractivity contribution is 0.107. The maximum Gasteiger partial charge on any atom is 0.319 e. The Morgan fingerprint density at radius 2 is 1.93 bits per heavy atom. The minimum Gasteiger partial charge on any atom is -0.508 e. The van der Waals surface area contributed by atoms with Gasteiger partial charge in [-0.15, -0.1) is 6.42 Å². The number of anilines is 1. The van der Waals surface area contributed by atoms with E-state index < -0.39 is 28.9 Å². The van der Waals surface area contributed by atoms with Crippen LogP contribution in [0.4, 0.5) is 19.0 Å². The fraction of sp³-hybridized carbons (Fsp3) is 0.457. The summed E-state index contributed by atoms with van der Waals surface area (Å²) in [4.78, 5) is 18.6. The van der Waals surface area contributed by atoms with E-state index in [1.54, 1.807) is 0 Å². The summed E-state index contributed by atoms with van der Waals surface area (Å²) >= 11 is 0. The third kappa shape index (κ3) is 4.01. The highest BCUT2D eigenvalue weighted by Crippen LogP contribution is 2.54. The van der Waals surface area contributed by atoms with E-state index in [1.807, 2.05) is 0 Å². The van der Waals surface area contributed by atoms with Gasteiger partial charge in [0.2, 0.25) is 5.88 Å². The van der Waals surface area contributed by atoms with Crippen LogP contribution in [0.3, 0.4) is 0 Å². The van der Waals surface area contributed by atoms with Gasteiger partial charge in [0, 0.05) is 30.5 Å². The first-order valence-electron chi connectivity index (χ1n) is 16.1. The molecule has 0 radical (unpaired) electrons. The number of ether oxygens (including phenoxy) is 2. The Morgan fingerprint density at radius 3 is 2.76 bits per heavy atom. The van der Waals surface area contributed by atoms with Gasteiger partial charge in [0.15, 0.2) is 5.82 Å². The fourth-order valence-corrected chi connectivity index (χ4v) is 8.58. The minimum atomic E-state index is -0.921. The zero-order chi connectivity index (χ0) is 31.4. The van der Waals surface area contributed by atoms with Gasteiger partial charge in [0.05, 0.1) is 17.1 Å². The standard InChI is InChI=1S/C35H32F3N5O3/c1-2-22-24(37)8-7-19-14-21(44)15-23(26(19)22)29-28(38)30-27-31(43-13-4-3-6-25(43)35(10-11-35)46-32(27)39-29)41-33(40-30)45-18-34-9-5-12-42(34)17-20(36)16-34/h1,7-8,14-15,20,25,44H,3-6,9-13,16-18H2/t20-,25+,34+/m1/s1. The molecular formula is C35H32F3N5O3. The number of benzene rings is 2. The molecule has 4 aromatic rings. The molecule has 6 heterocycles. The number of nitrogens with zero attached hydrogens (tertiary/aromatic N) is 5. The van der Waals surface area contributed by atoms with Gasteiger partial charge in [-0.05, 0) is 75.1 Å². The molecule has 236 valence electrons. The molecule has 11 heteroatoms. The van der Waals surface area contributed by atoms with Crippen LogP contribution in [-0.4, -0.2) is 74.6 Å². The van der Waals surface area contributed by atoms with Crippen molar-refractivity contribution in [2.24, 2.45) is 0 Å². The Balaban J connectivity index is 1.27. The molecule has 1 aliphatic carbocycles. The molecule has 1 saturated carbocycles. The number of aromatic hydroxyl groups is 1. The number of halogens is 3. The molecule has 1 spiro atoms. The van der Waals surface area contributed by atoms with Gasteiger partial charge >= 0.3 is 6.01 Å². The summed E-state index contributed by atoms with van der Waals surface area (Å²) in [5.41, 5.74) is -1.11. The van der Waals surface area contributed by atoms with Gasteiger partial charge in [-0.25, -0.2) is 18.2 Å². The van der Waals surface area contributed by atoms with Crippen molar-refractivity contribution >= 4 is 27.5 Å². The molecule has 1 N–H and O–H groups in total. The zero-order valence-electron chi connectivity index (χ0n) is 25.2. The molecule has 5 aliphatic rings. The summed E-state index contributed by atoms with van der Waals surface area (Å²) in [5.74, 6) is 1.50. The molecule has 46 heavy (non-hydrogen) atoms. The van der Waals surface area contributed by atoms with Crippen LogP contribution in [0.1, 0.15) is 56.9 Å². The van der Waals surface area contributed by atoms with Gasteiger partial charge in [0.1, 0.15) is 52.4 Å². The van der Waals surface area contributed by atoms with Crippen molar-refractivity contribution < 1.29 is 27.8 Å². The van der Waals surface area contributed by atoms with Crippen molar-refractivity contribution in [2.45, 2.75) is 74.7 Å². The molecule has 3 saturated heterocycles. The van der Waals surface area contributed by atoms with Crippen LogP contribution in [0.25, 0.3) is 32.9 Å². The van der Waals surface area contributed by atoms with Gasteiger partial charge < -0.3 is 19.5 Å². The van der Waals surface area contributed by atoms with Crippen LogP contribution in [0.15, 0.2) is 24.3 Å². The van der Waals surface area contributed by atoms with E-state index in [2.05, 4.69) is 20.7 Å². The molecular weight excluding hydrogens is 595 g/mol. The first-order chi connectivity index (χ1) is 22.3. The van der Waals surface area contributed by atoms with Gasteiger partial charge in [-0.1, -0.05) is 12.0 Å². The highest BCUT2D eigenvalue weighted by Gasteiger charge is 2.57. The number of piperidine rings is 1. The van der Waals surface area contributed by atoms with Crippen LogP contribution in [0.5, 0.6) is 17.6 Å². The van der Waals surface area contributed by atoms with Crippen LogP contribution in [0.2, 0.25) is 0 Å². The van der Waals surface area contributed by atoms with Crippen molar-refractivity contribution in [1.29, 1.82) is 0 Å². The average Bonchev–Trinajstić information content (AvgIpc) is 3.65. The number of aromatic nitrogens is 3. The highest BCUT2D eigenvalue weighted by atomic mass is 19.1. The third-order valence-electron chi connectivity index (χ3n) is 10.8. The van der Waals surface area contributed by atoms with E-state index in [1.165, 1.54) is 24.3 Å². The number of pyridine rings is 1. The second-order valence-corrected chi connectivity index (χ2v) is 13.5. The van der Waals surface area contributed by atoms with Gasteiger partial charge in [-0.2, -0.15) is 9.97 Å². The number of hydrogen-bond acceptors (Lipinski definition) is 8. The zero-order valence-corrected chi connectivity index (χ0v) is 25.2. The average molecular weight is 628 g/mol. The van der Waals surface area contributed by atoms with Crippen molar-refractivity contribution in [1.82, 2.24) is 19.9 Å². The summed E-state index contributed by atoms with van der Waals surface area (Å²) in [6.07, 6.45) is 11.5. The number of rotatable bonds is 4. The molecule has 4 fully saturated rings. The predicted octanol–water partition coefficient (Wildman–Crippen LogP) is 6.05. The van der Waals surface area contributed by atoms with Crippen molar-refractivity contribution in [3.8, 4) is 41.2 Å². The topological polar surface area (TPSA) is 83.8 Å². The summed E-state index contributed by atoms with van der Waals surface area (Å²) in [7, 11) is 0. The molecule has 2 aromatic carbocycles. The molecule has 9 rings (SSSR count). The number of terminal acetylenes is 1. The molecule has 8 nitrogen and oxygen atoms in total. The quantitative estimate of drug-likeness (QED) is 0.274. The molecule has 0 unspecified atom stereocenters. The van der Waals surface area contributed by atoms with Crippen molar-refractivity contribution in [2.75, 3.05) is 31.1 Å². The van der Waals surface area contributed by atoms with Crippen LogP contribution in [-0.2, 0) is 0 Å². The smallest absolute Gasteiger partial charge is 0.319 e. The number of phenols is 1. The lowest BCUT2D eigenvalue weighted by atomic mass is 9.95. The van der Waals surface area contributed by atoms with Gasteiger partial charge in [0.25, 0.3) is 0 Å². The molecule has 3 atom stereocenters. The lowest BCUT2D eigenvalue weighted by Crippen LogP contribution is -2.50. The molecule has 0 amide bonds. The van der Waals surface area contributed by atoms with E-state index in [4.69, 9.17) is 25.9 Å². The van der Waals surface area contributed by atoms with Crippen LogP contribution in [0, 0.1) is 24.0 Å². The highest BCUT2D eigenvalue weighted by molar-refractivity contribution is 6.04. The van der Waals surface area contributed by atoms with Gasteiger partial charge in [-0.3, -0.25) is 4.90 Å². The van der Waals surface area contributed by atoms with E-state index >= 15 is 4.39 Å². The largest absolute Gasteiger partial charge is 0.508 e. The Kier molecular flexibility index (Phi) is 5.99. The predicted molar refractivity (Wildman–Crippen MR) is 166 cm³/mol. The SMILES string of the molecule is C#Cc1c(F)ccc2cc(O)cc(-c3nc4c5c(nc(OC[C@@]67CCCN6C[C@H](F)C7)nc5c3F)N3CCCC[C@H]3C3(CC3)O4)c12. The second-order valence-electron chi connectivity index (χ2n) is 13.5. The number of alkyl halides is 1. The Hall–Kier alpha value is -4.30. The van der Waals surface area contributed by atoms with Crippen LogP contribution < -0.4 is 14.4 Å². The maximum atomic E-state index is 17.1. The Labute approximate surface area is 263 Å². The second kappa shape index (κ2) is 9.85. The first kappa shape index (κ1) is 28.0. The molecule has 2 aromatic heterocycles. The number of hydrogen-bond donors (Lipinski definition) is 1.